The van der Waals surface area contributed by atoms with Crippen LogP contribution in [-0.4, -0.2) is 43.0 Å². The van der Waals surface area contributed by atoms with Crippen molar-refractivity contribution in [3.05, 3.63) is 35.4 Å². The lowest BCUT2D eigenvalue weighted by Crippen LogP contribution is -2.51. The molecule has 0 unspecified atom stereocenters. The van der Waals surface area contributed by atoms with E-state index in [9.17, 15) is 4.79 Å². The first-order valence-corrected chi connectivity index (χ1v) is 9.06. The highest BCUT2D eigenvalue weighted by atomic mass is 16.7. The van der Waals surface area contributed by atoms with Crippen molar-refractivity contribution in [2.75, 3.05) is 26.3 Å². The van der Waals surface area contributed by atoms with E-state index in [-0.39, 0.29) is 12.1 Å². The molecule has 1 N–H and O–H groups in total. The summed E-state index contributed by atoms with van der Waals surface area (Å²) < 4.78 is 11.5. The summed E-state index contributed by atoms with van der Waals surface area (Å²) in [6.07, 6.45) is 3.92. The van der Waals surface area contributed by atoms with E-state index >= 15 is 0 Å². The Kier molecular flexibility index (Phi) is 4.22. The van der Waals surface area contributed by atoms with E-state index in [0.29, 0.717) is 32.2 Å². The van der Waals surface area contributed by atoms with Crippen LogP contribution in [-0.2, 0) is 9.47 Å². The van der Waals surface area contributed by atoms with Gasteiger partial charge in [0, 0.05) is 25.9 Å². The molecule has 0 radical (unpaired) electrons. The summed E-state index contributed by atoms with van der Waals surface area (Å²) >= 11 is 0. The van der Waals surface area contributed by atoms with Crippen molar-refractivity contribution in [1.29, 1.82) is 0 Å². The Morgan fingerprint density at radius 3 is 2.50 bits per heavy atom. The second kappa shape index (κ2) is 6.37. The van der Waals surface area contributed by atoms with E-state index in [0.717, 1.165) is 12.8 Å². The number of likely N-dealkylation sites (tertiary alicyclic amines) is 1. The summed E-state index contributed by atoms with van der Waals surface area (Å²) in [6, 6.07) is 8.55. The van der Waals surface area contributed by atoms with Gasteiger partial charge in [0.25, 0.3) is 0 Å². The smallest absolute Gasteiger partial charge is 0.317 e. The number of nitrogens with one attached hydrogen (secondary N) is 1. The predicted molar refractivity (Wildman–Crippen MR) is 90.6 cm³/mol. The van der Waals surface area contributed by atoms with Gasteiger partial charge >= 0.3 is 6.03 Å². The van der Waals surface area contributed by atoms with Crippen molar-refractivity contribution in [2.24, 2.45) is 5.92 Å². The Morgan fingerprint density at radius 1 is 1.21 bits per heavy atom. The minimum atomic E-state index is -0.428. The number of aryl methyl sites for hydroxylation is 1. The van der Waals surface area contributed by atoms with E-state index in [2.05, 4.69) is 36.5 Å². The lowest BCUT2D eigenvalue weighted by Gasteiger charge is -2.38. The minimum absolute atomic E-state index is 0.0444. The molecule has 24 heavy (non-hydrogen) atoms. The summed E-state index contributed by atoms with van der Waals surface area (Å²) in [5.41, 5.74) is 2.50. The van der Waals surface area contributed by atoms with Gasteiger partial charge in [-0.3, -0.25) is 0 Å². The van der Waals surface area contributed by atoms with Crippen LogP contribution >= 0.6 is 0 Å². The highest BCUT2D eigenvalue weighted by Gasteiger charge is 2.41. The Hall–Kier alpha value is -1.59. The van der Waals surface area contributed by atoms with Gasteiger partial charge < -0.3 is 19.7 Å². The molecule has 2 heterocycles. The highest BCUT2D eigenvalue weighted by Crippen LogP contribution is 2.42. The topological polar surface area (TPSA) is 50.8 Å². The molecule has 0 aromatic heterocycles. The van der Waals surface area contributed by atoms with Gasteiger partial charge in [0.15, 0.2) is 5.79 Å². The van der Waals surface area contributed by atoms with Gasteiger partial charge in [-0.25, -0.2) is 4.79 Å². The van der Waals surface area contributed by atoms with Gasteiger partial charge in [-0.2, -0.15) is 0 Å². The number of rotatable bonds is 3. The van der Waals surface area contributed by atoms with Crippen LogP contribution < -0.4 is 5.32 Å². The first kappa shape index (κ1) is 15.9. The van der Waals surface area contributed by atoms with Crippen LogP contribution in [0.5, 0.6) is 0 Å². The SMILES string of the molecule is Cc1ccccc1[C@H](NC(=O)N1CCC2(CC1)OCCO2)C1CC1. The molecule has 3 aliphatic rings. The number of ether oxygens (including phenoxy) is 2. The van der Waals surface area contributed by atoms with Crippen LogP contribution in [0.4, 0.5) is 4.79 Å². The zero-order chi connectivity index (χ0) is 16.6. The summed E-state index contributed by atoms with van der Waals surface area (Å²) in [5, 5.41) is 3.29. The molecule has 1 aliphatic carbocycles. The monoisotopic (exact) mass is 330 g/mol. The summed E-state index contributed by atoms with van der Waals surface area (Å²) in [4.78, 5) is 14.7. The van der Waals surface area contributed by atoms with Gasteiger partial charge in [-0.15, -0.1) is 0 Å². The number of piperidine rings is 1. The average Bonchev–Trinajstić information content (AvgIpc) is 3.35. The van der Waals surface area contributed by atoms with Gasteiger partial charge in [-0.1, -0.05) is 24.3 Å². The number of benzene rings is 1. The van der Waals surface area contributed by atoms with Crippen molar-refractivity contribution in [3.63, 3.8) is 0 Å². The molecule has 1 saturated carbocycles. The first-order chi connectivity index (χ1) is 11.7. The van der Waals surface area contributed by atoms with Gasteiger partial charge in [0.2, 0.25) is 0 Å². The Labute approximate surface area is 143 Å². The van der Waals surface area contributed by atoms with Gasteiger partial charge in [0.05, 0.1) is 19.3 Å². The third kappa shape index (κ3) is 3.15. The van der Waals surface area contributed by atoms with Crippen molar-refractivity contribution >= 4 is 6.03 Å². The lowest BCUT2D eigenvalue weighted by molar-refractivity contribution is -0.181. The molecule has 130 valence electrons. The number of hydrogen-bond donors (Lipinski definition) is 1. The molecular formula is C19H26N2O3. The zero-order valence-electron chi connectivity index (χ0n) is 14.3. The number of hydrogen-bond acceptors (Lipinski definition) is 3. The predicted octanol–water partition coefficient (Wildman–Crippen LogP) is 2.99. The van der Waals surface area contributed by atoms with Crippen molar-refractivity contribution in [2.45, 2.75) is 44.4 Å². The zero-order valence-corrected chi connectivity index (χ0v) is 14.3. The standard InChI is InChI=1S/C19H26N2O3/c1-14-4-2-3-5-16(14)17(15-6-7-15)20-18(22)21-10-8-19(9-11-21)23-12-13-24-19/h2-5,15,17H,6-13H2,1H3,(H,20,22)/t17-/m1/s1. The fourth-order valence-corrected chi connectivity index (χ4v) is 3.88. The van der Waals surface area contributed by atoms with E-state index < -0.39 is 5.79 Å². The maximum atomic E-state index is 12.8. The van der Waals surface area contributed by atoms with Crippen LogP contribution in [0.1, 0.15) is 42.9 Å². The number of nitrogens with zero attached hydrogens (tertiary/aromatic N) is 1. The van der Waals surface area contributed by atoms with E-state index in [1.54, 1.807) is 0 Å². The summed E-state index contributed by atoms with van der Waals surface area (Å²) in [6.45, 7) is 4.84. The van der Waals surface area contributed by atoms with E-state index in [4.69, 9.17) is 9.47 Å². The van der Waals surface area contributed by atoms with E-state index in [1.165, 1.54) is 24.0 Å². The Bertz CT molecular complexity index is 598. The van der Waals surface area contributed by atoms with Crippen molar-refractivity contribution < 1.29 is 14.3 Å². The quantitative estimate of drug-likeness (QED) is 0.927. The molecule has 3 fully saturated rings. The van der Waals surface area contributed by atoms with Crippen molar-refractivity contribution in [3.8, 4) is 0 Å². The molecule has 1 aromatic carbocycles. The number of amides is 2. The molecule has 1 spiro atoms. The first-order valence-electron chi connectivity index (χ1n) is 9.06. The number of carbonyl (C=O) groups excluding carboxylic acids is 1. The highest BCUT2D eigenvalue weighted by molar-refractivity contribution is 5.75. The van der Waals surface area contributed by atoms with Crippen LogP contribution in [0.25, 0.3) is 0 Å². The number of carbonyl (C=O) groups is 1. The van der Waals surface area contributed by atoms with E-state index in [1.807, 2.05) is 4.90 Å². The summed E-state index contributed by atoms with van der Waals surface area (Å²) in [7, 11) is 0. The second-order valence-electron chi connectivity index (χ2n) is 7.22. The fraction of sp³-hybridized carbons (Fsp3) is 0.632. The van der Waals surface area contributed by atoms with Gasteiger partial charge in [0.1, 0.15) is 0 Å². The Balaban J connectivity index is 1.40. The molecule has 0 bridgehead atoms. The van der Waals surface area contributed by atoms with Crippen molar-refractivity contribution in [1.82, 2.24) is 10.2 Å². The minimum Gasteiger partial charge on any atom is -0.347 e. The molecule has 1 aromatic rings. The molecular weight excluding hydrogens is 304 g/mol. The maximum Gasteiger partial charge on any atom is 0.317 e. The van der Waals surface area contributed by atoms with Gasteiger partial charge in [-0.05, 0) is 36.8 Å². The summed E-state index contributed by atoms with van der Waals surface area (Å²) in [5.74, 6) is 0.149. The molecule has 4 rings (SSSR count). The maximum absolute atomic E-state index is 12.8. The second-order valence-corrected chi connectivity index (χ2v) is 7.22. The molecule has 2 saturated heterocycles. The van der Waals surface area contributed by atoms with Crippen LogP contribution in [0.15, 0.2) is 24.3 Å². The third-order valence-corrected chi connectivity index (χ3v) is 5.52. The molecule has 2 amide bonds. The third-order valence-electron chi connectivity index (χ3n) is 5.52. The van der Waals surface area contributed by atoms with Crippen LogP contribution in [0.3, 0.4) is 0 Å². The molecule has 5 heteroatoms. The largest absolute Gasteiger partial charge is 0.347 e. The van der Waals surface area contributed by atoms with Crippen LogP contribution in [0, 0.1) is 12.8 Å². The molecule has 1 atom stereocenters. The molecule has 2 aliphatic heterocycles. The lowest BCUT2D eigenvalue weighted by atomic mass is 9.97. The average molecular weight is 330 g/mol. The number of urea groups is 1. The Morgan fingerprint density at radius 2 is 1.88 bits per heavy atom. The normalized spacial score (nSPS) is 24.1. The molecule has 5 nitrogen and oxygen atoms in total. The fourth-order valence-electron chi connectivity index (χ4n) is 3.88. The van der Waals surface area contributed by atoms with Crippen LogP contribution in [0.2, 0.25) is 0 Å².